The van der Waals surface area contributed by atoms with E-state index in [9.17, 15) is 0 Å². The Hall–Kier alpha value is -2.11. The summed E-state index contributed by atoms with van der Waals surface area (Å²) >= 11 is 0. The maximum atomic E-state index is 5.63. The summed E-state index contributed by atoms with van der Waals surface area (Å²) in [5.74, 6) is 0.961. The van der Waals surface area contributed by atoms with Gasteiger partial charge in [0.05, 0.1) is 18.6 Å². The molecule has 0 atom stereocenters. The van der Waals surface area contributed by atoms with Crippen LogP contribution in [0.15, 0.2) is 24.9 Å². The van der Waals surface area contributed by atoms with Crippen molar-refractivity contribution in [2.45, 2.75) is 13.5 Å². The first-order valence-corrected chi connectivity index (χ1v) is 4.55. The van der Waals surface area contributed by atoms with Crippen LogP contribution in [0.4, 0.5) is 5.69 Å². The summed E-state index contributed by atoms with van der Waals surface area (Å²) in [5, 5.41) is 4.07. The number of aromatic nitrogens is 4. The SMILES string of the molecule is CCn1cc(Oc2ncncc2N)cn1. The molecule has 0 saturated carbocycles. The number of hydrogen-bond acceptors (Lipinski definition) is 5. The molecule has 0 aromatic carbocycles. The van der Waals surface area contributed by atoms with Crippen molar-refractivity contribution in [3.63, 3.8) is 0 Å². The van der Waals surface area contributed by atoms with Crippen LogP contribution in [0.1, 0.15) is 6.92 Å². The number of aryl methyl sites for hydroxylation is 1. The Labute approximate surface area is 86.7 Å². The Morgan fingerprint density at radius 3 is 3.00 bits per heavy atom. The molecule has 0 aliphatic heterocycles. The largest absolute Gasteiger partial charge is 0.434 e. The molecule has 2 heterocycles. The molecule has 0 radical (unpaired) electrons. The van der Waals surface area contributed by atoms with E-state index in [4.69, 9.17) is 10.5 Å². The molecule has 2 aromatic heterocycles. The second-order valence-electron chi connectivity index (χ2n) is 2.92. The standard InChI is InChI=1S/C9H11N5O/c1-2-14-5-7(3-13-14)15-9-8(10)4-11-6-12-9/h3-6H,2,10H2,1H3. The Bertz CT molecular complexity index is 453. The summed E-state index contributed by atoms with van der Waals surface area (Å²) in [4.78, 5) is 7.68. The van der Waals surface area contributed by atoms with Gasteiger partial charge in [-0.1, -0.05) is 0 Å². The van der Waals surface area contributed by atoms with Crippen LogP contribution < -0.4 is 10.5 Å². The molecule has 0 fully saturated rings. The number of rotatable bonds is 3. The molecule has 0 spiro atoms. The molecule has 2 N–H and O–H groups in total. The van der Waals surface area contributed by atoms with Gasteiger partial charge in [0, 0.05) is 6.54 Å². The van der Waals surface area contributed by atoms with E-state index in [1.165, 1.54) is 12.5 Å². The molecule has 0 aliphatic carbocycles. The summed E-state index contributed by atoms with van der Waals surface area (Å²) in [5.41, 5.74) is 6.03. The number of nitrogen functional groups attached to an aromatic ring is 1. The van der Waals surface area contributed by atoms with Gasteiger partial charge in [0.15, 0.2) is 5.75 Å². The van der Waals surface area contributed by atoms with Gasteiger partial charge in [-0.2, -0.15) is 10.1 Å². The van der Waals surface area contributed by atoms with Crippen molar-refractivity contribution >= 4 is 5.69 Å². The van der Waals surface area contributed by atoms with E-state index in [1.807, 2.05) is 6.92 Å². The minimum atomic E-state index is 0.348. The quantitative estimate of drug-likeness (QED) is 0.810. The van der Waals surface area contributed by atoms with Gasteiger partial charge in [0.2, 0.25) is 5.88 Å². The van der Waals surface area contributed by atoms with Gasteiger partial charge < -0.3 is 10.5 Å². The lowest BCUT2D eigenvalue weighted by atomic mass is 10.5. The Balaban J connectivity index is 2.18. The smallest absolute Gasteiger partial charge is 0.245 e. The Kier molecular flexibility index (Phi) is 2.49. The maximum absolute atomic E-state index is 5.63. The minimum Gasteiger partial charge on any atom is -0.434 e. The topological polar surface area (TPSA) is 78.8 Å². The summed E-state index contributed by atoms with van der Waals surface area (Å²) in [6.45, 7) is 2.79. The van der Waals surface area contributed by atoms with E-state index < -0.39 is 0 Å². The number of nitrogens with zero attached hydrogens (tertiary/aromatic N) is 4. The van der Waals surface area contributed by atoms with Crippen LogP contribution in [-0.4, -0.2) is 19.7 Å². The maximum Gasteiger partial charge on any atom is 0.245 e. The number of hydrogen-bond donors (Lipinski definition) is 1. The second kappa shape index (κ2) is 3.95. The highest BCUT2D eigenvalue weighted by Gasteiger charge is 2.04. The van der Waals surface area contributed by atoms with Crippen molar-refractivity contribution < 1.29 is 4.74 Å². The van der Waals surface area contributed by atoms with Crippen molar-refractivity contribution in [3.8, 4) is 11.6 Å². The molecule has 0 bridgehead atoms. The van der Waals surface area contributed by atoms with Gasteiger partial charge in [-0.25, -0.2) is 4.98 Å². The van der Waals surface area contributed by atoms with Crippen LogP contribution in [0.2, 0.25) is 0 Å². The number of nitrogens with two attached hydrogens (primary N) is 1. The van der Waals surface area contributed by atoms with E-state index in [1.54, 1.807) is 17.1 Å². The average Bonchev–Trinajstić information content (AvgIpc) is 2.69. The number of anilines is 1. The molecular formula is C9H11N5O. The first kappa shape index (κ1) is 9.45. The Morgan fingerprint density at radius 2 is 2.33 bits per heavy atom. The van der Waals surface area contributed by atoms with E-state index in [0.717, 1.165) is 6.54 Å². The zero-order valence-electron chi connectivity index (χ0n) is 8.29. The van der Waals surface area contributed by atoms with Crippen LogP contribution in [0, 0.1) is 0 Å². The highest BCUT2D eigenvalue weighted by Crippen LogP contribution is 2.22. The fraction of sp³-hybridized carbons (Fsp3) is 0.222. The molecular weight excluding hydrogens is 194 g/mol. The molecule has 78 valence electrons. The lowest BCUT2D eigenvalue weighted by Gasteiger charge is -2.02. The molecule has 0 unspecified atom stereocenters. The highest BCUT2D eigenvalue weighted by atomic mass is 16.5. The van der Waals surface area contributed by atoms with Crippen LogP contribution in [0.5, 0.6) is 11.6 Å². The normalized spacial score (nSPS) is 10.2. The summed E-state index contributed by atoms with van der Waals surface area (Å²) in [6.07, 6.45) is 6.27. The van der Waals surface area contributed by atoms with E-state index in [-0.39, 0.29) is 0 Å². The zero-order valence-corrected chi connectivity index (χ0v) is 8.29. The Morgan fingerprint density at radius 1 is 1.47 bits per heavy atom. The van der Waals surface area contributed by atoms with Crippen molar-refractivity contribution in [1.82, 2.24) is 19.7 Å². The fourth-order valence-corrected chi connectivity index (χ4v) is 1.10. The molecule has 0 aliphatic rings. The van der Waals surface area contributed by atoms with Crippen molar-refractivity contribution in [2.75, 3.05) is 5.73 Å². The first-order valence-electron chi connectivity index (χ1n) is 4.55. The summed E-state index contributed by atoms with van der Waals surface area (Å²) in [7, 11) is 0. The fourth-order valence-electron chi connectivity index (χ4n) is 1.10. The van der Waals surface area contributed by atoms with Crippen molar-refractivity contribution in [1.29, 1.82) is 0 Å². The van der Waals surface area contributed by atoms with E-state index in [2.05, 4.69) is 15.1 Å². The predicted octanol–water partition coefficient (Wildman–Crippen LogP) is 1.07. The van der Waals surface area contributed by atoms with Gasteiger partial charge in [-0.05, 0) is 6.92 Å². The predicted molar refractivity (Wildman–Crippen MR) is 54.4 cm³/mol. The van der Waals surface area contributed by atoms with Crippen molar-refractivity contribution in [3.05, 3.63) is 24.9 Å². The first-order chi connectivity index (χ1) is 7.29. The third-order valence-electron chi connectivity index (χ3n) is 1.85. The number of ether oxygens (including phenoxy) is 1. The second-order valence-corrected chi connectivity index (χ2v) is 2.92. The third-order valence-corrected chi connectivity index (χ3v) is 1.85. The molecule has 2 aromatic rings. The molecule has 0 amide bonds. The monoisotopic (exact) mass is 205 g/mol. The summed E-state index contributed by atoms with van der Waals surface area (Å²) < 4.78 is 7.19. The third kappa shape index (κ3) is 2.04. The van der Waals surface area contributed by atoms with Crippen LogP contribution in [0.3, 0.4) is 0 Å². The van der Waals surface area contributed by atoms with Gasteiger partial charge in [0.25, 0.3) is 0 Å². The molecule has 0 saturated heterocycles. The van der Waals surface area contributed by atoms with Crippen molar-refractivity contribution in [2.24, 2.45) is 0 Å². The molecule has 6 nitrogen and oxygen atoms in total. The highest BCUT2D eigenvalue weighted by molar-refractivity contribution is 5.46. The zero-order chi connectivity index (χ0) is 10.7. The van der Waals surface area contributed by atoms with Crippen LogP contribution in [-0.2, 0) is 6.54 Å². The van der Waals surface area contributed by atoms with Gasteiger partial charge in [-0.15, -0.1) is 0 Å². The van der Waals surface area contributed by atoms with Gasteiger partial charge in [-0.3, -0.25) is 4.68 Å². The van der Waals surface area contributed by atoms with Gasteiger partial charge in [0.1, 0.15) is 12.0 Å². The van der Waals surface area contributed by atoms with E-state index in [0.29, 0.717) is 17.3 Å². The minimum absolute atomic E-state index is 0.348. The molecule has 6 heteroatoms. The van der Waals surface area contributed by atoms with Crippen LogP contribution >= 0.6 is 0 Å². The molecule has 2 rings (SSSR count). The average molecular weight is 205 g/mol. The lowest BCUT2D eigenvalue weighted by molar-refractivity contribution is 0.463. The van der Waals surface area contributed by atoms with Gasteiger partial charge >= 0.3 is 0 Å². The molecule has 15 heavy (non-hydrogen) atoms. The summed E-state index contributed by atoms with van der Waals surface area (Å²) in [6, 6.07) is 0. The van der Waals surface area contributed by atoms with E-state index >= 15 is 0 Å². The van der Waals surface area contributed by atoms with Crippen LogP contribution in [0.25, 0.3) is 0 Å². The lowest BCUT2D eigenvalue weighted by Crippen LogP contribution is -1.95.